The summed E-state index contributed by atoms with van der Waals surface area (Å²) in [7, 11) is 1.65. The summed E-state index contributed by atoms with van der Waals surface area (Å²) in [5.41, 5.74) is -1.14. The van der Waals surface area contributed by atoms with Gasteiger partial charge in [-0.1, -0.05) is 19.9 Å². The molecule has 0 aromatic heterocycles. The predicted molar refractivity (Wildman–Crippen MR) is 127 cm³/mol. The van der Waals surface area contributed by atoms with E-state index in [-0.39, 0.29) is 17.8 Å². The largest absolute Gasteiger partial charge is 0.458 e. The Morgan fingerprint density at radius 2 is 1.67 bits per heavy atom. The monoisotopic (exact) mass is 508 g/mol. The third-order valence-corrected chi connectivity index (χ3v) is 8.79. The molecule has 0 spiro atoms. The zero-order valence-corrected chi connectivity index (χ0v) is 22.8. The lowest BCUT2D eigenvalue weighted by atomic mass is 9.55. The summed E-state index contributed by atoms with van der Waals surface area (Å²) in [6.07, 6.45) is 0.673. The minimum atomic E-state index is -1.33. The molecule has 0 N–H and O–H groups in total. The third-order valence-electron chi connectivity index (χ3n) is 8.79. The lowest BCUT2D eigenvalue weighted by Crippen LogP contribution is -2.68. The van der Waals surface area contributed by atoms with Gasteiger partial charge in [0.05, 0.1) is 17.8 Å². The first kappa shape index (κ1) is 27.1. The van der Waals surface area contributed by atoms with E-state index in [0.717, 1.165) is 5.57 Å². The standard InChI is InChI=1S/C27H40O9/c1-13(2)19-20-21(18-12-14(3)27(31-9)11-10-25(7,36-27)23(20)34-18)26(8,35-17(6)30)24(33-16(5)29)22(19)32-15(4)28/h12-13,18-24H,10-11H2,1-9H3/b14-12-/t18-,19+,20+,21+,22-,23-,24-,25-,26-,27+/m0/s1. The van der Waals surface area contributed by atoms with Crippen LogP contribution in [0.3, 0.4) is 0 Å². The van der Waals surface area contributed by atoms with Crippen molar-refractivity contribution in [2.75, 3.05) is 7.11 Å². The zero-order chi connectivity index (χ0) is 26.8. The van der Waals surface area contributed by atoms with E-state index >= 15 is 0 Å². The van der Waals surface area contributed by atoms with Gasteiger partial charge in [0.1, 0.15) is 6.10 Å². The Labute approximate surface area is 213 Å². The van der Waals surface area contributed by atoms with Crippen LogP contribution in [-0.4, -0.2) is 66.4 Å². The molecular weight excluding hydrogens is 468 g/mol. The predicted octanol–water partition coefficient (Wildman–Crippen LogP) is 3.33. The Morgan fingerprint density at radius 3 is 2.19 bits per heavy atom. The van der Waals surface area contributed by atoms with E-state index < -0.39 is 65.2 Å². The average molecular weight is 509 g/mol. The van der Waals surface area contributed by atoms with Crippen LogP contribution in [0.15, 0.2) is 11.6 Å². The Morgan fingerprint density at radius 1 is 1.03 bits per heavy atom. The molecule has 3 aliphatic heterocycles. The van der Waals surface area contributed by atoms with Crippen LogP contribution in [-0.2, 0) is 42.8 Å². The first-order valence-electron chi connectivity index (χ1n) is 12.8. The van der Waals surface area contributed by atoms with Gasteiger partial charge in [0.25, 0.3) is 0 Å². The molecule has 1 aliphatic carbocycles. The second-order valence-corrected chi connectivity index (χ2v) is 11.5. The summed E-state index contributed by atoms with van der Waals surface area (Å²) < 4.78 is 37.2. The first-order valence-corrected chi connectivity index (χ1v) is 12.8. The molecule has 0 unspecified atom stereocenters. The second-order valence-electron chi connectivity index (χ2n) is 11.5. The lowest BCUT2D eigenvalue weighted by molar-refractivity contribution is -0.257. The molecule has 2 saturated heterocycles. The number of rotatable bonds is 5. The van der Waals surface area contributed by atoms with Crippen molar-refractivity contribution < 1.29 is 42.8 Å². The maximum absolute atomic E-state index is 12.5. The molecule has 3 fully saturated rings. The summed E-state index contributed by atoms with van der Waals surface area (Å²) in [6, 6.07) is 0. The number of methoxy groups -OCH3 is 1. The minimum absolute atomic E-state index is 0.0228. The molecule has 0 amide bonds. The van der Waals surface area contributed by atoms with Gasteiger partial charge in [0.15, 0.2) is 17.5 Å². The highest BCUT2D eigenvalue weighted by Crippen LogP contribution is 2.61. The molecule has 4 aliphatic rings. The lowest BCUT2D eigenvalue weighted by Gasteiger charge is -2.55. The van der Waals surface area contributed by atoms with Crippen LogP contribution in [0.5, 0.6) is 0 Å². The van der Waals surface area contributed by atoms with Gasteiger partial charge in [-0.15, -0.1) is 0 Å². The normalized spacial score (nSPS) is 46.7. The Kier molecular flexibility index (Phi) is 6.84. The molecular formula is C27H40O9. The Hall–Kier alpha value is -1.97. The second kappa shape index (κ2) is 9.10. The summed E-state index contributed by atoms with van der Waals surface area (Å²) in [6.45, 7) is 13.8. The highest BCUT2D eigenvalue weighted by atomic mass is 16.7. The molecule has 202 valence electrons. The highest BCUT2D eigenvalue weighted by Gasteiger charge is 2.72. The molecule has 9 heteroatoms. The molecule has 0 aromatic carbocycles. The van der Waals surface area contributed by atoms with E-state index in [4.69, 9.17) is 28.4 Å². The van der Waals surface area contributed by atoms with Crippen molar-refractivity contribution in [3.05, 3.63) is 11.6 Å². The van der Waals surface area contributed by atoms with Crippen molar-refractivity contribution in [2.24, 2.45) is 23.7 Å². The summed E-state index contributed by atoms with van der Waals surface area (Å²) in [4.78, 5) is 37.2. The number of carbonyl (C=O) groups is 3. The molecule has 9 nitrogen and oxygen atoms in total. The van der Waals surface area contributed by atoms with Crippen molar-refractivity contribution in [1.82, 2.24) is 0 Å². The van der Waals surface area contributed by atoms with Gasteiger partial charge in [-0.2, -0.15) is 0 Å². The average Bonchev–Trinajstić information content (AvgIpc) is 3.31. The van der Waals surface area contributed by atoms with Crippen LogP contribution in [0.2, 0.25) is 0 Å². The van der Waals surface area contributed by atoms with E-state index in [0.29, 0.717) is 12.8 Å². The van der Waals surface area contributed by atoms with Gasteiger partial charge in [-0.3, -0.25) is 14.4 Å². The number of fused-ring (bicyclic) bond motifs is 8. The molecule has 0 aromatic rings. The fourth-order valence-corrected chi connectivity index (χ4v) is 7.53. The van der Waals surface area contributed by atoms with Gasteiger partial charge in [0.2, 0.25) is 0 Å². The molecule has 3 heterocycles. The van der Waals surface area contributed by atoms with E-state index in [1.807, 2.05) is 19.9 Å². The summed E-state index contributed by atoms with van der Waals surface area (Å²) >= 11 is 0. The van der Waals surface area contributed by atoms with E-state index in [1.165, 1.54) is 20.8 Å². The number of ether oxygens (including phenoxy) is 6. The quantitative estimate of drug-likeness (QED) is 0.314. The number of hydrogen-bond acceptors (Lipinski definition) is 9. The topological polar surface area (TPSA) is 107 Å². The Bertz CT molecular complexity index is 959. The van der Waals surface area contributed by atoms with Crippen LogP contribution in [0.4, 0.5) is 0 Å². The van der Waals surface area contributed by atoms with Crippen LogP contribution in [0.25, 0.3) is 0 Å². The van der Waals surface area contributed by atoms with Crippen LogP contribution >= 0.6 is 0 Å². The molecule has 4 bridgehead atoms. The number of hydrogen-bond donors (Lipinski definition) is 0. The van der Waals surface area contributed by atoms with E-state index in [1.54, 1.807) is 14.0 Å². The summed E-state index contributed by atoms with van der Waals surface area (Å²) in [5.74, 6) is -3.28. The van der Waals surface area contributed by atoms with Crippen molar-refractivity contribution in [1.29, 1.82) is 0 Å². The highest BCUT2D eigenvalue weighted by molar-refractivity contribution is 5.69. The van der Waals surface area contributed by atoms with Gasteiger partial charge in [0, 0.05) is 52.1 Å². The Balaban J connectivity index is 1.97. The van der Waals surface area contributed by atoms with Gasteiger partial charge in [-0.25, -0.2) is 0 Å². The molecule has 0 radical (unpaired) electrons. The first-order chi connectivity index (χ1) is 16.7. The molecule has 1 saturated carbocycles. The van der Waals surface area contributed by atoms with Crippen molar-refractivity contribution in [3.8, 4) is 0 Å². The third kappa shape index (κ3) is 4.07. The number of carbonyl (C=O) groups excluding carboxylic acids is 3. The molecule has 4 rings (SSSR count). The minimum Gasteiger partial charge on any atom is -0.458 e. The zero-order valence-electron chi connectivity index (χ0n) is 22.8. The number of esters is 3. The van der Waals surface area contributed by atoms with Gasteiger partial charge < -0.3 is 28.4 Å². The molecule has 36 heavy (non-hydrogen) atoms. The van der Waals surface area contributed by atoms with Crippen LogP contribution in [0.1, 0.15) is 68.2 Å². The van der Waals surface area contributed by atoms with Gasteiger partial charge in [-0.05, 0) is 38.7 Å². The van der Waals surface area contributed by atoms with Crippen molar-refractivity contribution in [2.45, 2.75) is 110 Å². The van der Waals surface area contributed by atoms with Crippen molar-refractivity contribution in [3.63, 3.8) is 0 Å². The summed E-state index contributed by atoms with van der Waals surface area (Å²) in [5, 5.41) is 0. The van der Waals surface area contributed by atoms with Crippen LogP contribution in [0, 0.1) is 23.7 Å². The van der Waals surface area contributed by atoms with E-state index in [2.05, 4.69) is 13.8 Å². The van der Waals surface area contributed by atoms with E-state index in [9.17, 15) is 14.4 Å². The SMILES string of the molecule is CO[C@]12CC[C@](C)(O1)[C@H]1O[C@@H](/C=C\2C)[C@@H]2[C@H]1[C@@H](C(C)C)[C@H](OC(C)=O)[C@H](OC(C)=O)[C@@]2(C)OC(C)=O. The van der Waals surface area contributed by atoms with Gasteiger partial charge >= 0.3 is 17.9 Å². The fourth-order valence-electron chi connectivity index (χ4n) is 7.53. The van der Waals surface area contributed by atoms with Crippen molar-refractivity contribution >= 4 is 17.9 Å². The maximum atomic E-state index is 12.5. The maximum Gasteiger partial charge on any atom is 0.303 e. The molecule has 10 atom stereocenters. The smallest absolute Gasteiger partial charge is 0.303 e. The fraction of sp³-hybridized carbons (Fsp3) is 0.815. The van der Waals surface area contributed by atoms with Crippen LogP contribution < -0.4 is 0 Å².